The Labute approximate surface area is 287 Å². The Morgan fingerprint density at radius 2 is 1.69 bits per heavy atom. The Bertz CT molecular complexity index is 1520. The van der Waals surface area contributed by atoms with Crippen molar-refractivity contribution in [3.8, 4) is 16.9 Å². The fraction of sp³-hybridized carbons (Fsp3) is 0.575. The summed E-state index contributed by atoms with van der Waals surface area (Å²) in [6.07, 6.45) is 11.4. The minimum absolute atomic E-state index is 0.0345. The van der Waals surface area contributed by atoms with Crippen LogP contribution in [0.2, 0.25) is 0 Å². The molecular weight excluding hydrogens is 602 g/mol. The van der Waals surface area contributed by atoms with E-state index >= 15 is 0 Å². The van der Waals surface area contributed by atoms with Gasteiger partial charge in [-0.05, 0) is 140 Å². The van der Waals surface area contributed by atoms with Crippen LogP contribution in [-0.4, -0.2) is 53.6 Å². The van der Waals surface area contributed by atoms with E-state index in [2.05, 4.69) is 79.4 Å². The van der Waals surface area contributed by atoms with Crippen LogP contribution in [0.1, 0.15) is 109 Å². The van der Waals surface area contributed by atoms with Crippen molar-refractivity contribution in [2.45, 2.75) is 117 Å². The predicted molar refractivity (Wildman–Crippen MR) is 190 cm³/mol. The van der Waals surface area contributed by atoms with Gasteiger partial charge in [0.05, 0.1) is 19.4 Å². The average molecular weight is 658 g/mol. The molecule has 1 aromatic heterocycles. The molecule has 48 heavy (non-hydrogen) atoms. The van der Waals surface area contributed by atoms with Crippen molar-refractivity contribution in [2.75, 3.05) is 25.2 Å². The van der Waals surface area contributed by atoms with Crippen molar-refractivity contribution < 1.29 is 23.8 Å². The molecule has 1 heterocycles. The van der Waals surface area contributed by atoms with Gasteiger partial charge in [-0.2, -0.15) is 5.10 Å². The summed E-state index contributed by atoms with van der Waals surface area (Å²) in [7, 11) is 1.72. The number of esters is 1. The van der Waals surface area contributed by atoms with Crippen molar-refractivity contribution in [2.24, 2.45) is 11.8 Å². The summed E-state index contributed by atoms with van der Waals surface area (Å²) in [6.45, 7) is 12.6. The van der Waals surface area contributed by atoms with Gasteiger partial charge in [-0.3, -0.25) is 9.48 Å². The molecule has 2 saturated carbocycles. The first-order valence-corrected chi connectivity index (χ1v) is 17.8. The maximum atomic E-state index is 14.4. The molecule has 0 N–H and O–H groups in total. The largest absolute Gasteiger partial charge is 0.496 e. The molecule has 8 heteroatoms. The molecule has 260 valence electrons. The van der Waals surface area contributed by atoms with Crippen LogP contribution in [-0.2, 0) is 19.1 Å². The van der Waals surface area contributed by atoms with Gasteiger partial charge in [0, 0.05) is 36.0 Å². The zero-order valence-corrected chi connectivity index (χ0v) is 30.0. The highest BCUT2D eigenvalue weighted by Crippen LogP contribution is 2.39. The Balaban J connectivity index is 1.28. The third-order valence-electron chi connectivity index (χ3n) is 9.95. The lowest BCUT2D eigenvalue weighted by Gasteiger charge is -2.36. The number of hydrogen-bond acceptors (Lipinski definition) is 6. The smallest absolute Gasteiger partial charge is 0.332 e. The third-order valence-corrected chi connectivity index (χ3v) is 9.95. The zero-order chi connectivity index (χ0) is 34.4. The molecule has 3 aromatic rings. The minimum Gasteiger partial charge on any atom is -0.496 e. The number of anilines is 1. The Morgan fingerprint density at radius 1 is 0.958 bits per heavy atom. The van der Waals surface area contributed by atoms with Gasteiger partial charge < -0.3 is 19.1 Å². The highest BCUT2D eigenvalue weighted by atomic mass is 16.6. The summed E-state index contributed by atoms with van der Waals surface area (Å²) in [4.78, 5) is 28.7. The quantitative estimate of drug-likeness (QED) is 0.192. The Kier molecular flexibility index (Phi) is 11.7. The standard InChI is InChI=1S/C40H55N3O5/c1-27(2)43-25-34(23-41-43)32-9-8-10-35(22-32)42(24-29-11-13-30(14-12-29)33-17-20-37(46-7)28(3)21-33)39(45)31-15-18-36(19-16-31)47-26-38(44)48-40(4,5)6/h8-10,17,20-23,25,27,29-31,36H,11-16,18-19,24,26H2,1-7H3/t29-,30-,31-,36-. The summed E-state index contributed by atoms with van der Waals surface area (Å²) in [5.41, 5.74) is 5.10. The van der Waals surface area contributed by atoms with E-state index in [1.807, 2.05) is 31.6 Å². The zero-order valence-electron chi connectivity index (χ0n) is 30.0. The molecule has 0 unspecified atom stereocenters. The van der Waals surface area contributed by atoms with Crippen molar-refractivity contribution in [1.82, 2.24) is 9.78 Å². The van der Waals surface area contributed by atoms with Crippen LogP contribution in [0, 0.1) is 18.8 Å². The van der Waals surface area contributed by atoms with Crippen molar-refractivity contribution in [3.05, 3.63) is 66.0 Å². The fourth-order valence-corrected chi connectivity index (χ4v) is 7.29. The fourth-order valence-electron chi connectivity index (χ4n) is 7.29. The molecule has 0 saturated heterocycles. The minimum atomic E-state index is -0.534. The molecule has 0 spiro atoms. The molecular formula is C40H55N3O5. The average Bonchev–Trinajstić information content (AvgIpc) is 3.57. The molecule has 0 atom stereocenters. The molecule has 1 amide bonds. The number of aryl methyl sites for hydroxylation is 1. The normalized spacial score (nSPS) is 21.6. The van der Waals surface area contributed by atoms with Crippen LogP contribution in [0.15, 0.2) is 54.9 Å². The summed E-state index contributed by atoms with van der Waals surface area (Å²) < 4.78 is 18.8. The van der Waals surface area contributed by atoms with Gasteiger partial charge in [-0.1, -0.05) is 24.3 Å². The molecule has 0 aliphatic heterocycles. The second kappa shape index (κ2) is 15.7. The van der Waals surface area contributed by atoms with E-state index in [0.717, 1.165) is 80.5 Å². The van der Waals surface area contributed by atoms with Gasteiger partial charge in [0.25, 0.3) is 0 Å². The van der Waals surface area contributed by atoms with E-state index in [-0.39, 0.29) is 36.5 Å². The molecule has 0 radical (unpaired) electrons. The van der Waals surface area contributed by atoms with Crippen LogP contribution < -0.4 is 9.64 Å². The molecule has 5 rings (SSSR count). The van der Waals surface area contributed by atoms with Crippen LogP contribution >= 0.6 is 0 Å². The van der Waals surface area contributed by atoms with Gasteiger partial charge in [-0.25, -0.2) is 4.79 Å². The van der Waals surface area contributed by atoms with E-state index in [4.69, 9.17) is 14.2 Å². The SMILES string of the molecule is COc1ccc([C@H]2CC[C@H](CN(c3cccc(-c4cnn(C(C)C)c4)c3)C(=O)[C@H]3CC[C@H](OCC(=O)OC(C)(C)C)CC3)CC2)cc1C. The van der Waals surface area contributed by atoms with Crippen molar-refractivity contribution >= 4 is 17.6 Å². The second-order valence-electron chi connectivity index (χ2n) is 15.1. The van der Waals surface area contributed by atoms with E-state index in [1.54, 1.807) is 7.11 Å². The van der Waals surface area contributed by atoms with Gasteiger partial charge in [0.2, 0.25) is 5.91 Å². The Morgan fingerprint density at radius 3 is 2.31 bits per heavy atom. The third kappa shape index (κ3) is 9.28. The van der Waals surface area contributed by atoms with Gasteiger partial charge in [0.1, 0.15) is 18.0 Å². The maximum absolute atomic E-state index is 14.4. The number of hydrogen-bond donors (Lipinski definition) is 0. The van der Waals surface area contributed by atoms with Crippen molar-refractivity contribution in [1.29, 1.82) is 0 Å². The lowest BCUT2D eigenvalue weighted by Crippen LogP contribution is -2.42. The molecule has 2 fully saturated rings. The predicted octanol–water partition coefficient (Wildman–Crippen LogP) is 8.67. The number of methoxy groups -OCH3 is 1. The Hall–Kier alpha value is -3.65. The molecule has 0 bridgehead atoms. The summed E-state index contributed by atoms with van der Waals surface area (Å²) >= 11 is 0. The van der Waals surface area contributed by atoms with E-state index in [9.17, 15) is 9.59 Å². The number of amides is 1. The van der Waals surface area contributed by atoms with Crippen LogP contribution in [0.5, 0.6) is 5.75 Å². The number of nitrogens with zero attached hydrogens (tertiary/aromatic N) is 3. The van der Waals surface area contributed by atoms with Crippen molar-refractivity contribution in [3.63, 3.8) is 0 Å². The van der Waals surface area contributed by atoms with E-state index < -0.39 is 5.60 Å². The first-order valence-electron chi connectivity index (χ1n) is 17.8. The number of carbonyl (C=O) groups excluding carboxylic acids is 2. The highest BCUT2D eigenvalue weighted by molar-refractivity contribution is 5.95. The van der Waals surface area contributed by atoms with Crippen LogP contribution in [0.3, 0.4) is 0 Å². The summed E-state index contributed by atoms with van der Waals surface area (Å²) in [5, 5.41) is 4.55. The van der Waals surface area contributed by atoms with Crippen LogP contribution in [0.25, 0.3) is 11.1 Å². The lowest BCUT2D eigenvalue weighted by molar-refractivity contribution is -0.163. The number of carbonyl (C=O) groups is 2. The molecule has 2 aliphatic rings. The monoisotopic (exact) mass is 657 g/mol. The molecule has 2 aliphatic carbocycles. The number of rotatable bonds is 11. The molecule has 8 nitrogen and oxygen atoms in total. The highest BCUT2D eigenvalue weighted by Gasteiger charge is 2.33. The number of benzene rings is 2. The van der Waals surface area contributed by atoms with E-state index in [0.29, 0.717) is 11.8 Å². The number of aromatic nitrogens is 2. The van der Waals surface area contributed by atoms with Gasteiger partial charge in [-0.15, -0.1) is 0 Å². The lowest BCUT2D eigenvalue weighted by atomic mass is 9.78. The summed E-state index contributed by atoms with van der Waals surface area (Å²) in [6, 6.07) is 15.3. The molecule has 2 aromatic carbocycles. The summed E-state index contributed by atoms with van der Waals surface area (Å²) in [5.74, 6) is 1.68. The van der Waals surface area contributed by atoms with Crippen LogP contribution in [0.4, 0.5) is 5.69 Å². The topological polar surface area (TPSA) is 82.9 Å². The second-order valence-corrected chi connectivity index (χ2v) is 15.1. The van der Waals surface area contributed by atoms with Gasteiger partial charge in [0.15, 0.2) is 0 Å². The number of ether oxygens (including phenoxy) is 3. The first kappa shape index (κ1) is 35.7. The maximum Gasteiger partial charge on any atom is 0.332 e. The van der Waals surface area contributed by atoms with Gasteiger partial charge >= 0.3 is 5.97 Å². The van der Waals surface area contributed by atoms with E-state index in [1.165, 1.54) is 11.1 Å². The first-order chi connectivity index (χ1) is 22.9.